The predicted octanol–water partition coefficient (Wildman–Crippen LogP) is 3.48. The van der Waals surface area contributed by atoms with Crippen molar-refractivity contribution in [1.29, 1.82) is 0 Å². The third-order valence-corrected chi connectivity index (χ3v) is 5.67. The van der Waals surface area contributed by atoms with Crippen LogP contribution in [0.2, 0.25) is 0 Å². The van der Waals surface area contributed by atoms with Crippen molar-refractivity contribution in [2.75, 3.05) is 38.6 Å². The lowest BCUT2D eigenvalue weighted by atomic mass is 10.0. The normalized spacial score (nSPS) is 22.6. The third-order valence-electron chi connectivity index (χ3n) is 4.67. The lowest BCUT2D eigenvalue weighted by Gasteiger charge is -2.44. The molecule has 0 saturated carbocycles. The zero-order valence-electron chi connectivity index (χ0n) is 16.3. The quantitative estimate of drug-likeness (QED) is 0.689. The highest BCUT2D eigenvalue weighted by Crippen LogP contribution is 2.36. The minimum absolute atomic E-state index is 0.00114. The Labute approximate surface area is 160 Å². The second-order valence-corrected chi connectivity index (χ2v) is 8.60. The highest BCUT2D eigenvalue weighted by Gasteiger charge is 2.34. The first-order valence-electron chi connectivity index (χ1n) is 9.31. The molecule has 0 aromatic carbocycles. The third kappa shape index (κ3) is 5.47. The molecular formula is C19H31FN2O3S. The molecule has 2 rings (SSSR count). The molecule has 26 heavy (non-hydrogen) atoms. The van der Waals surface area contributed by atoms with Crippen molar-refractivity contribution in [2.24, 2.45) is 0 Å². The van der Waals surface area contributed by atoms with Crippen molar-refractivity contribution in [3.05, 3.63) is 22.3 Å². The Balaban J connectivity index is 2.31. The van der Waals surface area contributed by atoms with E-state index in [2.05, 4.69) is 9.80 Å². The van der Waals surface area contributed by atoms with Crippen molar-refractivity contribution in [3.63, 3.8) is 0 Å². The van der Waals surface area contributed by atoms with Gasteiger partial charge in [0.15, 0.2) is 0 Å². The molecule has 0 aromatic heterocycles. The van der Waals surface area contributed by atoms with Gasteiger partial charge in [-0.1, -0.05) is 6.92 Å². The Morgan fingerprint density at radius 2 is 2.08 bits per heavy atom. The summed E-state index contributed by atoms with van der Waals surface area (Å²) in [5, 5.41) is 10.5. The molecule has 0 bridgehead atoms. The molecule has 0 aliphatic carbocycles. The van der Waals surface area contributed by atoms with Gasteiger partial charge in [-0.3, -0.25) is 4.90 Å². The van der Waals surface area contributed by atoms with Gasteiger partial charge < -0.3 is 14.7 Å². The van der Waals surface area contributed by atoms with Crippen LogP contribution in [0.15, 0.2) is 22.3 Å². The lowest BCUT2D eigenvalue weighted by Crippen LogP contribution is -2.52. The highest BCUT2D eigenvalue weighted by atomic mass is 32.2. The van der Waals surface area contributed by atoms with E-state index in [-0.39, 0.29) is 6.17 Å². The molecule has 1 unspecified atom stereocenters. The number of rotatable bonds is 8. The average Bonchev–Trinajstić information content (AvgIpc) is 2.56. The number of aliphatic carboxylic acids is 1. The number of alkyl halides is 1. The summed E-state index contributed by atoms with van der Waals surface area (Å²) >= 11 is 1.56. The van der Waals surface area contributed by atoms with E-state index in [0.717, 1.165) is 29.4 Å². The van der Waals surface area contributed by atoms with Crippen molar-refractivity contribution >= 4 is 17.7 Å². The van der Waals surface area contributed by atoms with Gasteiger partial charge >= 0.3 is 5.97 Å². The van der Waals surface area contributed by atoms with E-state index in [0.29, 0.717) is 38.2 Å². The number of nitrogens with zero attached hydrogens (tertiary/aromatic N) is 2. The van der Waals surface area contributed by atoms with Crippen molar-refractivity contribution in [2.45, 2.75) is 52.4 Å². The Hall–Kier alpha value is -1.05. The molecule has 1 N–H and O–H groups in total. The first kappa shape index (κ1) is 21.3. The average molecular weight is 387 g/mol. The van der Waals surface area contributed by atoms with Crippen LogP contribution in [0.25, 0.3) is 0 Å². The standard InChI is InChI=1S/C19H31FN2O3S/c1-5-26-17-16(18(23)24)14(2)13-15(21-9-11-25-12-10-21)22(17)8-6-7-19(3,4)20/h13,15H,5-12H2,1-4H3,(H,23,24). The van der Waals surface area contributed by atoms with Crippen LogP contribution in [-0.4, -0.2) is 71.3 Å². The molecule has 1 saturated heterocycles. The Kier molecular flexibility index (Phi) is 7.55. The zero-order valence-corrected chi connectivity index (χ0v) is 17.1. The maximum Gasteiger partial charge on any atom is 0.338 e. The first-order valence-corrected chi connectivity index (χ1v) is 10.3. The lowest BCUT2D eigenvalue weighted by molar-refractivity contribution is -0.132. The van der Waals surface area contributed by atoms with Crippen LogP contribution >= 0.6 is 11.8 Å². The van der Waals surface area contributed by atoms with Gasteiger partial charge in [-0.2, -0.15) is 0 Å². The smallest absolute Gasteiger partial charge is 0.338 e. The van der Waals surface area contributed by atoms with Crippen LogP contribution in [0.5, 0.6) is 0 Å². The summed E-state index contributed by atoms with van der Waals surface area (Å²) in [6.07, 6.45) is 3.17. The van der Waals surface area contributed by atoms with Gasteiger partial charge in [-0.15, -0.1) is 11.8 Å². The summed E-state index contributed by atoms with van der Waals surface area (Å²) in [7, 11) is 0. The summed E-state index contributed by atoms with van der Waals surface area (Å²) in [5.41, 5.74) is -0.0409. The summed E-state index contributed by atoms with van der Waals surface area (Å²) < 4.78 is 19.4. The van der Waals surface area contributed by atoms with Gasteiger partial charge in [0, 0.05) is 19.6 Å². The maximum atomic E-state index is 13.9. The van der Waals surface area contributed by atoms with Gasteiger partial charge in [-0.05, 0) is 51.0 Å². The van der Waals surface area contributed by atoms with Crippen molar-refractivity contribution < 1.29 is 19.0 Å². The summed E-state index contributed by atoms with van der Waals surface area (Å²) in [6, 6.07) is 0. The van der Waals surface area contributed by atoms with E-state index in [1.165, 1.54) is 0 Å². The van der Waals surface area contributed by atoms with E-state index in [1.807, 2.05) is 19.9 Å². The number of carboxylic acid groups (broad SMARTS) is 1. The molecule has 0 radical (unpaired) electrons. The van der Waals surface area contributed by atoms with Gasteiger partial charge in [0.1, 0.15) is 11.8 Å². The highest BCUT2D eigenvalue weighted by molar-refractivity contribution is 8.03. The van der Waals surface area contributed by atoms with Crippen LogP contribution in [0.3, 0.4) is 0 Å². The summed E-state index contributed by atoms with van der Waals surface area (Å²) in [4.78, 5) is 16.4. The minimum atomic E-state index is -1.21. The molecular weight excluding hydrogens is 355 g/mol. The molecule has 0 amide bonds. The second kappa shape index (κ2) is 9.24. The molecule has 2 heterocycles. The van der Waals surface area contributed by atoms with E-state index >= 15 is 0 Å². The van der Waals surface area contributed by atoms with E-state index < -0.39 is 11.6 Å². The van der Waals surface area contributed by atoms with Gasteiger partial charge in [0.05, 0.1) is 23.8 Å². The Morgan fingerprint density at radius 3 is 2.62 bits per heavy atom. The minimum Gasteiger partial charge on any atom is -0.478 e. The first-order chi connectivity index (χ1) is 12.2. The number of halogens is 1. The van der Waals surface area contributed by atoms with E-state index in [1.54, 1.807) is 25.6 Å². The molecule has 0 aromatic rings. The molecule has 1 fully saturated rings. The summed E-state index contributed by atoms with van der Waals surface area (Å²) in [5.74, 6) is -0.105. The molecule has 148 valence electrons. The van der Waals surface area contributed by atoms with Gasteiger partial charge in [0.2, 0.25) is 0 Å². The van der Waals surface area contributed by atoms with Crippen LogP contribution < -0.4 is 0 Å². The monoisotopic (exact) mass is 386 g/mol. The van der Waals surface area contributed by atoms with Crippen LogP contribution in [0.4, 0.5) is 4.39 Å². The molecule has 2 aliphatic heterocycles. The van der Waals surface area contributed by atoms with Gasteiger partial charge in [-0.25, -0.2) is 9.18 Å². The van der Waals surface area contributed by atoms with E-state index in [9.17, 15) is 14.3 Å². The fourth-order valence-electron chi connectivity index (χ4n) is 3.43. The SMILES string of the molecule is CCSC1=C(C(=O)O)C(C)=CC(N2CCOCC2)N1CCCC(C)(C)F. The number of thioether (sulfide) groups is 1. The number of carboxylic acids is 1. The van der Waals surface area contributed by atoms with Crippen LogP contribution in [-0.2, 0) is 9.53 Å². The second-order valence-electron chi connectivity index (χ2n) is 7.35. The molecule has 5 nitrogen and oxygen atoms in total. The number of carbonyl (C=O) groups is 1. The fraction of sp³-hybridized carbons (Fsp3) is 0.737. The largest absolute Gasteiger partial charge is 0.478 e. The van der Waals surface area contributed by atoms with E-state index in [4.69, 9.17) is 4.74 Å². The molecule has 2 aliphatic rings. The Bertz CT molecular complexity index is 566. The molecule has 1 atom stereocenters. The van der Waals surface area contributed by atoms with Gasteiger partial charge in [0.25, 0.3) is 0 Å². The zero-order chi connectivity index (χ0) is 19.3. The topological polar surface area (TPSA) is 53.0 Å². The van der Waals surface area contributed by atoms with Crippen LogP contribution in [0, 0.1) is 0 Å². The number of hydrogen-bond acceptors (Lipinski definition) is 5. The predicted molar refractivity (Wildman–Crippen MR) is 104 cm³/mol. The Morgan fingerprint density at radius 1 is 1.42 bits per heavy atom. The maximum absolute atomic E-state index is 13.9. The van der Waals surface area contributed by atoms with Crippen molar-refractivity contribution in [3.8, 4) is 0 Å². The fourth-order valence-corrected chi connectivity index (χ4v) is 4.46. The van der Waals surface area contributed by atoms with Crippen LogP contribution in [0.1, 0.15) is 40.5 Å². The molecule has 0 spiro atoms. The number of ether oxygens (including phenoxy) is 1. The number of morpholine rings is 1. The summed E-state index contributed by atoms with van der Waals surface area (Å²) in [6.45, 7) is 10.7. The number of hydrogen-bond donors (Lipinski definition) is 1. The molecule has 7 heteroatoms. The van der Waals surface area contributed by atoms with Crippen molar-refractivity contribution in [1.82, 2.24) is 9.80 Å².